The molecule has 0 bridgehead atoms. The number of hydrogen-bond acceptors (Lipinski definition) is 2. The Hall–Kier alpha value is -0.250. The van der Waals surface area contributed by atoms with Crippen LogP contribution in [0, 0.1) is 0 Å². The van der Waals surface area contributed by atoms with Crippen LogP contribution in [0.25, 0.3) is 0 Å². The lowest BCUT2D eigenvalue weighted by molar-refractivity contribution is 0.0604. The zero-order valence-electron chi connectivity index (χ0n) is 8.12. The largest absolute Gasteiger partial charge is 0.486 e. The van der Waals surface area contributed by atoms with Gasteiger partial charge in [0.2, 0.25) is 0 Å². The molecular weight excluding hydrogens is 279 g/mol. The monoisotopic (exact) mass is 290 g/mol. The third kappa shape index (κ3) is 2.65. The van der Waals surface area contributed by atoms with E-state index in [1.807, 2.05) is 12.1 Å². The number of aliphatic hydroxyl groups is 1. The van der Waals surface area contributed by atoms with E-state index in [2.05, 4.69) is 15.9 Å². The van der Waals surface area contributed by atoms with Gasteiger partial charge in [0, 0.05) is 4.47 Å². The van der Waals surface area contributed by atoms with Gasteiger partial charge in [-0.1, -0.05) is 27.5 Å². The van der Waals surface area contributed by atoms with Crippen molar-refractivity contribution in [2.24, 2.45) is 0 Å². The van der Waals surface area contributed by atoms with Crippen LogP contribution in [0.5, 0.6) is 5.75 Å². The van der Waals surface area contributed by atoms with Crippen LogP contribution in [0.4, 0.5) is 0 Å². The fourth-order valence-electron chi connectivity index (χ4n) is 1.78. The van der Waals surface area contributed by atoms with Crippen molar-refractivity contribution < 1.29 is 9.84 Å². The number of halogens is 2. The van der Waals surface area contributed by atoms with E-state index in [9.17, 15) is 5.11 Å². The standard InChI is InChI=1S/C11H12BrClO2/c12-7-4-5-10(8(13)6-7)15-11-3-1-2-9(11)14/h4-6,9,11,14H,1-3H2/t9-,11-/m1/s1. The van der Waals surface area contributed by atoms with Gasteiger partial charge in [0.15, 0.2) is 0 Å². The van der Waals surface area contributed by atoms with E-state index in [-0.39, 0.29) is 12.2 Å². The summed E-state index contributed by atoms with van der Waals surface area (Å²) in [6.45, 7) is 0. The summed E-state index contributed by atoms with van der Waals surface area (Å²) >= 11 is 9.35. The number of ether oxygens (including phenoxy) is 1. The van der Waals surface area contributed by atoms with Crippen LogP contribution in [0.2, 0.25) is 5.02 Å². The Morgan fingerprint density at radius 1 is 1.40 bits per heavy atom. The molecule has 2 rings (SSSR count). The van der Waals surface area contributed by atoms with Gasteiger partial charge >= 0.3 is 0 Å². The molecule has 2 nitrogen and oxygen atoms in total. The number of aliphatic hydroxyl groups excluding tert-OH is 1. The summed E-state index contributed by atoms with van der Waals surface area (Å²) in [5.41, 5.74) is 0. The summed E-state index contributed by atoms with van der Waals surface area (Å²) in [5, 5.41) is 10.2. The van der Waals surface area contributed by atoms with Crippen molar-refractivity contribution in [3.63, 3.8) is 0 Å². The predicted octanol–water partition coefficient (Wildman–Crippen LogP) is 3.39. The maximum absolute atomic E-state index is 9.62. The molecule has 1 aromatic carbocycles. The Kier molecular flexibility index (Phi) is 3.54. The zero-order chi connectivity index (χ0) is 10.8. The van der Waals surface area contributed by atoms with Gasteiger partial charge in [-0.2, -0.15) is 0 Å². The lowest BCUT2D eigenvalue weighted by Crippen LogP contribution is -2.25. The van der Waals surface area contributed by atoms with Gasteiger partial charge in [-0.25, -0.2) is 0 Å². The maximum Gasteiger partial charge on any atom is 0.138 e. The average molecular weight is 292 g/mol. The van der Waals surface area contributed by atoms with Crippen LogP contribution < -0.4 is 4.74 Å². The molecule has 2 atom stereocenters. The summed E-state index contributed by atoms with van der Waals surface area (Å²) in [6.07, 6.45) is 2.26. The molecule has 1 fully saturated rings. The topological polar surface area (TPSA) is 29.5 Å². The summed E-state index contributed by atoms with van der Waals surface area (Å²) < 4.78 is 6.59. The Morgan fingerprint density at radius 3 is 2.80 bits per heavy atom. The molecule has 1 aromatic rings. The molecule has 0 aromatic heterocycles. The molecule has 0 radical (unpaired) electrons. The molecule has 1 N–H and O–H groups in total. The first-order valence-corrected chi connectivity index (χ1v) is 6.13. The molecule has 1 aliphatic carbocycles. The summed E-state index contributed by atoms with van der Waals surface area (Å²) in [6, 6.07) is 5.48. The quantitative estimate of drug-likeness (QED) is 0.905. The highest BCUT2D eigenvalue weighted by molar-refractivity contribution is 9.10. The summed E-state index contributed by atoms with van der Waals surface area (Å²) in [7, 11) is 0. The lowest BCUT2D eigenvalue weighted by Gasteiger charge is -2.17. The lowest BCUT2D eigenvalue weighted by atomic mass is 10.2. The van der Waals surface area contributed by atoms with E-state index < -0.39 is 0 Å². The van der Waals surface area contributed by atoms with Gasteiger partial charge in [-0.15, -0.1) is 0 Å². The Bertz CT molecular complexity index is 356. The fourth-order valence-corrected chi connectivity index (χ4v) is 2.50. The van der Waals surface area contributed by atoms with E-state index in [0.29, 0.717) is 10.8 Å². The molecule has 82 valence electrons. The number of benzene rings is 1. The molecule has 0 spiro atoms. The molecule has 4 heteroatoms. The maximum atomic E-state index is 9.62. The summed E-state index contributed by atoms with van der Waals surface area (Å²) in [5.74, 6) is 0.644. The minimum atomic E-state index is -0.357. The van der Waals surface area contributed by atoms with E-state index in [4.69, 9.17) is 16.3 Å². The Morgan fingerprint density at radius 2 is 2.20 bits per heavy atom. The van der Waals surface area contributed by atoms with E-state index >= 15 is 0 Å². The van der Waals surface area contributed by atoms with Crippen LogP contribution in [0.3, 0.4) is 0 Å². The second-order valence-corrected chi connectivity index (χ2v) is 5.05. The first kappa shape index (κ1) is 11.2. The molecule has 1 aliphatic rings. The van der Waals surface area contributed by atoms with Crippen molar-refractivity contribution in [3.8, 4) is 5.75 Å². The smallest absolute Gasteiger partial charge is 0.138 e. The van der Waals surface area contributed by atoms with Gasteiger partial charge in [0.25, 0.3) is 0 Å². The van der Waals surface area contributed by atoms with Crippen LogP contribution in [0.15, 0.2) is 22.7 Å². The number of rotatable bonds is 2. The highest BCUT2D eigenvalue weighted by atomic mass is 79.9. The first-order chi connectivity index (χ1) is 7.16. The van der Waals surface area contributed by atoms with Gasteiger partial charge in [-0.3, -0.25) is 0 Å². The van der Waals surface area contributed by atoms with Crippen molar-refractivity contribution in [1.29, 1.82) is 0 Å². The average Bonchev–Trinajstić information content (AvgIpc) is 2.57. The predicted molar refractivity (Wildman–Crippen MR) is 63.4 cm³/mol. The molecule has 0 heterocycles. The third-order valence-corrected chi connectivity index (χ3v) is 3.38. The SMILES string of the molecule is O[C@@H]1CCC[C@H]1Oc1ccc(Br)cc1Cl. The fraction of sp³-hybridized carbons (Fsp3) is 0.455. The Labute approximate surface area is 102 Å². The summed E-state index contributed by atoms with van der Waals surface area (Å²) in [4.78, 5) is 0. The number of hydrogen-bond donors (Lipinski definition) is 1. The van der Waals surface area contributed by atoms with Crippen LogP contribution in [0.1, 0.15) is 19.3 Å². The van der Waals surface area contributed by atoms with Gasteiger partial charge in [0.05, 0.1) is 11.1 Å². The van der Waals surface area contributed by atoms with Gasteiger partial charge in [-0.05, 0) is 37.5 Å². The van der Waals surface area contributed by atoms with E-state index in [1.54, 1.807) is 6.07 Å². The van der Waals surface area contributed by atoms with Crippen molar-refractivity contribution >= 4 is 27.5 Å². The van der Waals surface area contributed by atoms with Crippen LogP contribution >= 0.6 is 27.5 Å². The highest BCUT2D eigenvalue weighted by Gasteiger charge is 2.27. The zero-order valence-corrected chi connectivity index (χ0v) is 10.5. The molecule has 0 saturated heterocycles. The molecule has 0 amide bonds. The molecule has 15 heavy (non-hydrogen) atoms. The van der Waals surface area contributed by atoms with Gasteiger partial charge < -0.3 is 9.84 Å². The van der Waals surface area contributed by atoms with Crippen molar-refractivity contribution in [2.45, 2.75) is 31.5 Å². The second kappa shape index (κ2) is 4.73. The molecule has 0 aliphatic heterocycles. The van der Waals surface area contributed by atoms with Crippen LogP contribution in [-0.2, 0) is 0 Å². The minimum Gasteiger partial charge on any atom is -0.486 e. The van der Waals surface area contributed by atoms with Crippen molar-refractivity contribution in [3.05, 3.63) is 27.7 Å². The van der Waals surface area contributed by atoms with E-state index in [0.717, 1.165) is 23.7 Å². The van der Waals surface area contributed by atoms with Crippen molar-refractivity contribution in [2.75, 3.05) is 0 Å². The second-order valence-electron chi connectivity index (χ2n) is 3.73. The molecule has 0 unspecified atom stereocenters. The third-order valence-electron chi connectivity index (χ3n) is 2.59. The first-order valence-electron chi connectivity index (χ1n) is 4.96. The minimum absolute atomic E-state index is 0.108. The Balaban J connectivity index is 2.10. The normalized spacial score (nSPS) is 25.5. The van der Waals surface area contributed by atoms with Crippen LogP contribution in [-0.4, -0.2) is 17.3 Å². The molecular formula is C11H12BrClO2. The van der Waals surface area contributed by atoms with E-state index in [1.165, 1.54) is 0 Å². The molecule has 1 saturated carbocycles. The highest BCUT2D eigenvalue weighted by Crippen LogP contribution is 2.31. The van der Waals surface area contributed by atoms with Gasteiger partial charge in [0.1, 0.15) is 11.9 Å². The van der Waals surface area contributed by atoms with Crippen molar-refractivity contribution in [1.82, 2.24) is 0 Å².